The van der Waals surface area contributed by atoms with Gasteiger partial charge in [0.25, 0.3) is 0 Å². The fraction of sp³-hybridized carbons (Fsp3) is 1.00. The molecule has 0 rings (SSSR count). The van der Waals surface area contributed by atoms with Gasteiger partial charge in [0.1, 0.15) is 0 Å². The molecule has 0 spiro atoms. The molecule has 0 amide bonds. The first-order valence-electron chi connectivity index (χ1n) is 3.56. The summed E-state index contributed by atoms with van der Waals surface area (Å²) in [6.45, 7) is 4.05. The molecule has 4 heteroatoms. The van der Waals surface area contributed by atoms with E-state index in [0.29, 0.717) is 0 Å². The maximum atomic E-state index is 10.4. The Morgan fingerprint density at radius 3 is 2.70 bits per heavy atom. The van der Waals surface area contributed by atoms with E-state index < -0.39 is 7.23 Å². The third-order valence-corrected chi connectivity index (χ3v) is 2.19. The first-order chi connectivity index (χ1) is 4.66. The maximum Gasteiger partial charge on any atom is 0.243 e. The van der Waals surface area contributed by atoms with Crippen LogP contribution < -0.4 is 0 Å². The van der Waals surface area contributed by atoms with Crippen LogP contribution in [-0.2, 0) is 9.09 Å². The molecule has 0 fully saturated rings. The second-order valence-electron chi connectivity index (χ2n) is 2.34. The molecule has 0 aromatic carbocycles. The molecule has 0 aliphatic carbocycles. The summed E-state index contributed by atoms with van der Waals surface area (Å²) in [7, 11) is -2.02. The molecule has 0 saturated carbocycles. The van der Waals surface area contributed by atoms with Gasteiger partial charge in [0.2, 0.25) is 7.23 Å². The standard InChI is InChI=1S/C6H15O2PS/c1-3-4-5-6(2)8-9(7)10/h6,9H,3-5H2,1-2H3,(H,7,10). The lowest BCUT2D eigenvalue weighted by molar-refractivity contribution is 0.227. The van der Waals surface area contributed by atoms with Gasteiger partial charge in [0.05, 0.1) is 6.10 Å². The SMILES string of the molecule is CCCCC(C)O[PH](=O)S. The summed E-state index contributed by atoms with van der Waals surface area (Å²) >= 11 is 3.68. The Labute approximate surface area is 68.4 Å². The van der Waals surface area contributed by atoms with Gasteiger partial charge in [-0.3, -0.25) is 4.57 Å². The van der Waals surface area contributed by atoms with Gasteiger partial charge in [-0.1, -0.05) is 32.0 Å². The third kappa shape index (κ3) is 6.66. The quantitative estimate of drug-likeness (QED) is 0.522. The Morgan fingerprint density at radius 1 is 1.70 bits per heavy atom. The molecular weight excluding hydrogens is 167 g/mol. The number of hydrogen-bond acceptors (Lipinski definition) is 2. The number of unbranched alkanes of at least 4 members (excludes halogenated alkanes) is 1. The van der Waals surface area contributed by atoms with Crippen LogP contribution in [0.4, 0.5) is 0 Å². The largest absolute Gasteiger partial charge is 0.320 e. The molecule has 0 bridgehead atoms. The van der Waals surface area contributed by atoms with Crippen molar-refractivity contribution in [2.75, 3.05) is 0 Å². The molecule has 2 atom stereocenters. The molecule has 0 radical (unpaired) electrons. The second-order valence-corrected chi connectivity index (χ2v) is 4.20. The minimum Gasteiger partial charge on any atom is -0.320 e. The average molecular weight is 182 g/mol. The molecule has 10 heavy (non-hydrogen) atoms. The molecular formula is C6H15O2PS. The monoisotopic (exact) mass is 182 g/mol. The third-order valence-electron chi connectivity index (χ3n) is 1.27. The molecule has 0 aromatic heterocycles. The van der Waals surface area contributed by atoms with Gasteiger partial charge in [-0.15, -0.1) is 0 Å². The maximum absolute atomic E-state index is 10.4. The minimum atomic E-state index is -2.02. The van der Waals surface area contributed by atoms with Crippen molar-refractivity contribution in [3.05, 3.63) is 0 Å². The van der Waals surface area contributed by atoms with Gasteiger partial charge in [-0.25, -0.2) is 0 Å². The van der Waals surface area contributed by atoms with Crippen molar-refractivity contribution in [3.63, 3.8) is 0 Å². The Hall–Kier alpha value is 0.540. The van der Waals surface area contributed by atoms with Crippen LogP contribution in [0.5, 0.6) is 0 Å². The van der Waals surface area contributed by atoms with E-state index >= 15 is 0 Å². The highest BCUT2D eigenvalue weighted by Gasteiger charge is 2.02. The predicted octanol–water partition coefficient (Wildman–Crippen LogP) is 2.90. The predicted molar refractivity (Wildman–Crippen MR) is 48.1 cm³/mol. The summed E-state index contributed by atoms with van der Waals surface area (Å²) in [6.07, 6.45) is 3.36. The van der Waals surface area contributed by atoms with Gasteiger partial charge in [0, 0.05) is 0 Å². The summed E-state index contributed by atoms with van der Waals surface area (Å²) in [6, 6.07) is 0. The number of thiol groups is 1. The van der Waals surface area contributed by atoms with Crippen LogP contribution >= 0.6 is 19.5 Å². The molecule has 0 aliphatic heterocycles. The highest BCUT2D eigenvalue weighted by atomic mass is 32.7. The van der Waals surface area contributed by atoms with Crippen LogP contribution in [0.1, 0.15) is 33.1 Å². The van der Waals surface area contributed by atoms with Crippen molar-refractivity contribution in [2.45, 2.75) is 39.2 Å². The van der Waals surface area contributed by atoms with Crippen molar-refractivity contribution < 1.29 is 9.09 Å². The Bertz CT molecular complexity index is 108. The summed E-state index contributed by atoms with van der Waals surface area (Å²) in [5.41, 5.74) is 0. The lowest BCUT2D eigenvalue weighted by atomic mass is 10.2. The number of hydrogen-bond donors (Lipinski definition) is 1. The molecule has 2 unspecified atom stereocenters. The first kappa shape index (κ1) is 10.5. The van der Waals surface area contributed by atoms with Crippen molar-refractivity contribution in [1.29, 1.82) is 0 Å². The highest BCUT2D eigenvalue weighted by Crippen LogP contribution is 2.30. The lowest BCUT2D eigenvalue weighted by Gasteiger charge is -2.08. The molecule has 62 valence electrons. The number of rotatable bonds is 5. The Balaban J connectivity index is 3.25. The summed E-state index contributed by atoms with van der Waals surface area (Å²) in [4.78, 5) is 0. The van der Waals surface area contributed by atoms with Crippen molar-refractivity contribution in [2.24, 2.45) is 0 Å². The normalized spacial score (nSPS) is 16.7. The highest BCUT2D eigenvalue weighted by molar-refractivity contribution is 8.39. The topological polar surface area (TPSA) is 26.3 Å². The van der Waals surface area contributed by atoms with Gasteiger partial charge in [-0.2, -0.15) is 0 Å². The van der Waals surface area contributed by atoms with Crippen molar-refractivity contribution in [3.8, 4) is 0 Å². The van der Waals surface area contributed by atoms with E-state index in [9.17, 15) is 4.57 Å². The van der Waals surface area contributed by atoms with E-state index in [0.717, 1.165) is 19.3 Å². The van der Waals surface area contributed by atoms with Crippen molar-refractivity contribution >= 4 is 19.5 Å². The molecule has 0 saturated heterocycles. The fourth-order valence-corrected chi connectivity index (χ4v) is 1.72. The van der Waals surface area contributed by atoms with Crippen LogP contribution in [0.3, 0.4) is 0 Å². The second kappa shape index (κ2) is 6.26. The van der Waals surface area contributed by atoms with Gasteiger partial charge in [-0.05, 0) is 13.3 Å². The zero-order valence-corrected chi connectivity index (χ0v) is 8.36. The lowest BCUT2D eigenvalue weighted by Crippen LogP contribution is -2.00. The van der Waals surface area contributed by atoms with E-state index in [1.807, 2.05) is 6.92 Å². The van der Waals surface area contributed by atoms with Crippen LogP contribution in [-0.4, -0.2) is 6.10 Å². The molecule has 0 heterocycles. The summed E-state index contributed by atoms with van der Waals surface area (Å²) in [5.74, 6) is 0. The molecule has 0 aliphatic rings. The summed E-state index contributed by atoms with van der Waals surface area (Å²) < 4.78 is 15.4. The zero-order chi connectivity index (χ0) is 7.98. The van der Waals surface area contributed by atoms with Gasteiger partial charge >= 0.3 is 0 Å². The van der Waals surface area contributed by atoms with E-state index in [1.54, 1.807) is 0 Å². The van der Waals surface area contributed by atoms with E-state index in [1.165, 1.54) is 0 Å². The minimum absolute atomic E-state index is 0.101. The molecule has 2 nitrogen and oxygen atoms in total. The van der Waals surface area contributed by atoms with Crippen molar-refractivity contribution in [1.82, 2.24) is 0 Å². The first-order valence-corrected chi connectivity index (χ1v) is 6.17. The van der Waals surface area contributed by atoms with E-state index in [4.69, 9.17) is 4.52 Å². The van der Waals surface area contributed by atoms with Gasteiger partial charge in [0.15, 0.2) is 0 Å². The average Bonchev–Trinajstić information content (AvgIpc) is 1.82. The van der Waals surface area contributed by atoms with Crippen LogP contribution in [0.25, 0.3) is 0 Å². The van der Waals surface area contributed by atoms with Gasteiger partial charge < -0.3 is 4.52 Å². The van der Waals surface area contributed by atoms with Crippen LogP contribution in [0.15, 0.2) is 0 Å². The molecule has 0 aromatic rings. The van der Waals surface area contributed by atoms with E-state index in [-0.39, 0.29) is 6.10 Å². The van der Waals surface area contributed by atoms with Crippen LogP contribution in [0.2, 0.25) is 0 Å². The fourth-order valence-electron chi connectivity index (χ4n) is 0.723. The Kier molecular flexibility index (Phi) is 6.60. The molecule has 0 N–H and O–H groups in total. The smallest absolute Gasteiger partial charge is 0.243 e. The Morgan fingerprint density at radius 2 is 2.30 bits per heavy atom. The van der Waals surface area contributed by atoms with E-state index in [2.05, 4.69) is 19.2 Å². The van der Waals surface area contributed by atoms with Crippen LogP contribution in [0, 0.1) is 0 Å². The zero-order valence-electron chi connectivity index (χ0n) is 6.46. The summed E-state index contributed by atoms with van der Waals surface area (Å²) in [5, 5.41) is 0.